The number of aromatic nitrogens is 3. The van der Waals surface area contributed by atoms with E-state index in [2.05, 4.69) is 26.8 Å². The van der Waals surface area contributed by atoms with Crippen molar-refractivity contribution in [2.75, 3.05) is 6.61 Å². The predicted molar refractivity (Wildman–Crippen MR) is 85.7 cm³/mol. The second-order valence-electron chi connectivity index (χ2n) is 6.56. The molecule has 126 valence electrons. The zero-order valence-corrected chi connectivity index (χ0v) is 13.5. The van der Waals surface area contributed by atoms with Crippen LogP contribution >= 0.6 is 0 Å². The van der Waals surface area contributed by atoms with E-state index in [1.54, 1.807) is 6.92 Å². The van der Waals surface area contributed by atoms with Crippen molar-refractivity contribution in [3.63, 3.8) is 0 Å². The van der Waals surface area contributed by atoms with E-state index in [9.17, 15) is 9.90 Å². The number of hydrogen-bond acceptors (Lipinski definition) is 5. The summed E-state index contributed by atoms with van der Waals surface area (Å²) in [6.45, 7) is 2.45. The second-order valence-corrected chi connectivity index (χ2v) is 6.56. The number of aromatic amines is 1. The van der Waals surface area contributed by atoms with Gasteiger partial charge in [-0.1, -0.05) is 6.07 Å². The molecule has 7 heteroatoms. The van der Waals surface area contributed by atoms with Crippen LogP contribution in [-0.2, 0) is 6.42 Å². The normalized spacial score (nSPS) is 23.1. The van der Waals surface area contributed by atoms with Crippen LogP contribution < -0.4 is 10.1 Å². The van der Waals surface area contributed by atoms with E-state index in [-0.39, 0.29) is 24.0 Å². The fourth-order valence-corrected chi connectivity index (χ4v) is 3.48. The smallest absolute Gasteiger partial charge is 0.274 e. The van der Waals surface area contributed by atoms with E-state index in [4.69, 9.17) is 4.74 Å². The molecule has 1 amide bonds. The second kappa shape index (κ2) is 5.90. The summed E-state index contributed by atoms with van der Waals surface area (Å²) in [5, 5.41) is 23.0. The summed E-state index contributed by atoms with van der Waals surface area (Å²) in [6, 6.07) is 5.92. The van der Waals surface area contributed by atoms with Crippen LogP contribution in [0.3, 0.4) is 0 Å². The van der Waals surface area contributed by atoms with Gasteiger partial charge in [-0.3, -0.25) is 4.79 Å². The van der Waals surface area contributed by atoms with Crippen LogP contribution in [0.4, 0.5) is 0 Å². The van der Waals surface area contributed by atoms with Gasteiger partial charge in [0.2, 0.25) is 0 Å². The monoisotopic (exact) mass is 328 g/mol. The summed E-state index contributed by atoms with van der Waals surface area (Å²) in [5.74, 6) is 0.894. The molecule has 1 fully saturated rings. The maximum Gasteiger partial charge on any atom is 0.274 e. The lowest BCUT2D eigenvalue weighted by Crippen LogP contribution is -2.41. The summed E-state index contributed by atoms with van der Waals surface area (Å²) in [5.41, 5.74) is 3.10. The molecule has 7 nitrogen and oxygen atoms in total. The highest BCUT2D eigenvalue weighted by Gasteiger charge is 2.36. The molecule has 4 rings (SSSR count). The molecule has 2 aromatic rings. The molecule has 1 aliphatic heterocycles. The highest BCUT2D eigenvalue weighted by molar-refractivity contribution is 5.93. The number of aliphatic hydroxyl groups excluding tert-OH is 1. The largest absolute Gasteiger partial charge is 0.493 e. The van der Waals surface area contributed by atoms with Crippen molar-refractivity contribution in [1.82, 2.24) is 20.7 Å². The highest BCUT2D eigenvalue weighted by atomic mass is 16.5. The van der Waals surface area contributed by atoms with Crippen molar-refractivity contribution in [1.29, 1.82) is 0 Å². The van der Waals surface area contributed by atoms with Gasteiger partial charge in [0.25, 0.3) is 5.91 Å². The van der Waals surface area contributed by atoms with Crippen molar-refractivity contribution in [3.8, 4) is 5.75 Å². The van der Waals surface area contributed by atoms with Crippen LogP contribution in [0.25, 0.3) is 0 Å². The van der Waals surface area contributed by atoms with E-state index < -0.39 is 0 Å². The minimum Gasteiger partial charge on any atom is -0.493 e. The first kappa shape index (κ1) is 15.1. The standard InChI is InChI=1S/C17H20N4O3/c1-9-15(20-21-19-9)17(23)18-16(12-7-13(22)8-12)11-2-3-14-10(6-11)4-5-24-14/h2-3,6,12-13,16,22H,4-5,7-8H2,1H3,(H,18,23)(H,19,20,21)/t12?,13?,16-/m1/s1. The molecule has 1 aromatic heterocycles. The van der Waals surface area contributed by atoms with Gasteiger partial charge in [-0.15, -0.1) is 0 Å². The van der Waals surface area contributed by atoms with Crippen LogP contribution in [0.1, 0.15) is 46.2 Å². The Kier molecular flexibility index (Phi) is 3.72. The number of fused-ring (bicyclic) bond motifs is 1. The maximum atomic E-state index is 12.5. The van der Waals surface area contributed by atoms with E-state index >= 15 is 0 Å². The van der Waals surface area contributed by atoms with Gasteiger partial charge < -0.3 is 15.2 Å². The lowest BCUT2D eigenvalue weighted by atomic mass is 9.74. The number of nitrogens with zero attached hydrogens (tertiary/aromatic N) is 2. The number of H-pyrrole nitrogens is 1. The third-order valence-corrected chi connectivity index (χ3v) is 4.92. The van der Waals surface area contributed by atoms with Gasteiger partial charge in [0.05, 0.1) is 24.4 Å². The number of ether oxygens (including phenoxy) is 1. The third kappa shape index (κ3) is 2.65. The molecule has 0 radical (unpaired) electrons. The molecular formula is C17H20N4O3. The van der Waals surface area contributed by atoms with E-state index in [0.717, 1.165) is 17.7 Å². The minimum absolute atomic E-state index is 0.150. The summed E-state index contributed by atoms with van der Waals surface area (Å²) in [4.78, 5) is 12.5. The molecule has 3 N–H and O–H groups in total. The molecular weight excluding hydrogens is 308 g/mol. The van der Waals surface area contributed by atoms with Crippen molar-refractivity contribution >= 4 is 5.91 Å². The van der Waals surface area contributed by atoms with Gasteiger partial charge in [-0.2, -0.15) is 15.4 Å². The van der Waals surface area contributed by atoms with Gasteiger partial charge in [0.15, 0.2) is 5.69 Å². The first-order valence-corrected chi connectivity index (χ1v) is 8.23. The lowest BCUT2D eigenvalue weighted by Gasteiger charge is -2.38. The summed E-state index contributed by atoms with van der Waals surface area (Å²) >= 11 is 0. The van der Waals surface area contributed by atoms with E-state index in [1.165, 1.54) is 5.56 Å². The average Bonchev–Trinajstić information content (AvgIpc) is 3.17. The Labute approximate surface area is 139 Å². The fraction of sp³-hybridized carbons (Fsp3) is 0.471. The molecule has 1 aliphatic carbocycles. The number of aliphatic hydroxyl groups is 1. The number of carbonyl (C=O) groups is 1. The van der Waals surface area contributed by atoms with Gasteiger partial charge in [-0.25, -0.2) is 0 Å². The molecule has 1 atom stereocenters. The van der Waals surface area contributed by atoms with E-state index in [0.29, 0.717) is 30.8 Å². The lowest BCUT2D eigenvalue weighted by molar-refractivity contribution is 0.0234. The summed E-state index contributed by atoms with van der Waals surface area (Å²) < 4.78 is 5.56. The fourth-order valence-electron chi connectivity index (χ4n) is 3.48. The third-order valence-electron chi connectivity index (χ3n) is 4.92. The Balaban J connectivity index is 1.60. The van der Waals surface area contributed by atoms with Crippen LogP contribution in [0.2, 0.25) is 0 Å². The summed E-state index contributed by atoms with van der Waals surface area (Å²) in [6.07, 6.45) is 1.99. The molecule has 1 saturated carbocycles. The zero-order chi connectivity index (χ0) is 16.7. The number of benzene rings is 1. The van der Waals surface area contributed by atoms with Crippen LogP contribution in [-0.4, -0.2) is 39.1 Å². The van der Waals surface area contributed by atoms with Crippen LogP contribution in [0, 0.1) is 12.8 Å². The van der Waals surface area contributed by atoms with Gasteiger partial charge in [0, 0.05) is 6.42 Å². The molecule has 1 aromatic carbocycles. The zero-order valence-electron chi connectivity index (χ0n) is 13.5. The Hall–Kier alpha value is -2.41. The Bertz CT molecular complexity index is 767. The maximum absolute atomic E-state index is 12.5. The molecule has 2 heterocycles. The topological polar surface area (TPSA) is 100 Å². The Morgan fingerprint density at radius 2 is 2.25 bits per heavy atom. The number of carbonyl (C=O) groups excluding carboxylic acids is 1. The van der Waals surface area contributed by atoms with Crippen LogP contribution in [0.5, 0.6) is 5.75 Å². The molecule has 0 saturated heterocycles. The van der Waals surface area contributed by atoms with Gasteiger partial charge >= 0.3 is 0 Å². The highest BCUT2D eigenvalue weighted by Crippen LogP contribution is 2.39. The molecule has 0 spiro atoms. The molecule has 24 heavy (non-hydrogen) atoms. The van der Waals surface area contributed by atoms with Gasteiger partial charge in [-0.05, 0) is 48.9 Å². The quantitative estimate of drug-likeness (QED) is 0.785. The number of rotatable bonds is 4. The SMILES string of the molecule is Cc1n[nH]nc1C(=O)N[C@H](c1ccc2c(c1)CCO2)C1CC(O)C1. The van der Waals surface area contributed by atoms with Crippen LogP contribution in [0.15, 0.2) is 18.2 Å². The molecule has 2 aliphatic rings. The molecule has 0 bridgehead atoms. The van der Waals surface area contributed by atoms with Crippen molar-refractivity contribution in [3.05, 3.63) is 40.7 Å². The Morgan fingerprint density at radius 1 is 1.42 bits per heavy atom. The molecule has 0 unspecified atom stereocenters. The first-order chi connectivity index (χ1) is 11.6. The minimum atomic E-state index is -0.277. The Morgan fingerprint density at radius 3 is 2.96 bits per heavy atom. The predicted octanol–water partition coefficient (Wildman–Crippen LogP) is 1.29. The number of nitrogens with one attached hydrogen (secondary N) is 2. The first-order valence-electron chi connectivity index (χ1n) is 8.23. The van der Waals surface area contributed by atoms with Crippen molar-refractivity contribution < 1.29 is 14.6 Å². The number of amides is 1. The van der Waals surface area contributed by atoms with Crippen molar-refractivity contribution in [2.24, 2.45) is 5.92 Å². The summed E-state index contributed by atoms with van der Waals surface area (Å²) in [7, 11) is 0. The number of hydrogen-bond donors (Lipinski definition) is 3. The average molecular weight is 328 g/mol. The van der Waals surface area contributed by atoms with Crippen molar-refractivity contribution in [2.45, 2.75) is 38.3 Å². The number of aryl methyl sites for hydroxylation is 1. The van der Waals surface area contributed by atoms with E-state index in [1.807, 2.05) is 12.1 Å². The van der Waals surface area contributed by atoms with Gasteiger partial charge in [0.1, 0.15) is 5.75 Å².